The van der Waals surface area contributed by atoms with Crippen molar-refractivity contribution < 1.29 is 14.1 Å². The summed E-state index contributed by atoms with van der Waals surface area (Å²) in [5, 5.41) is 2.99. The average Bonchev–Trinajstić information content (AvgIpc) is 3.04. The smallest absolute Gasteiger partial charge is 0.266 e. The van der Waals surface area contributed by atoms with Crippen LogP contribution >= 0.6 is 22.7 Å². The number of nitrogens with two attached hydrogens (primary N) is 1. The molecule has 2 rings (SSSR count). The van der Waals surface area contributed by atoms with Gasteiger partial charge in [0, 0.05) is 25.0 Å². The van der Waals surface area contributed by atoms with E-state index in [9.17, 15) is 14.1 Å². The molecule has 2 aromatic rings. The Morgan fingerprint density at radius 2 is 2.00 bits per heavy atom. The zero-order valence-corrected chi connectivity index (χ0v) is 14.7. The predicted octanol–water partition coefficient (Wildman–Crippen LogP) is 2.05. The summed E-state index contributed by atoms with van der Waals surface area (Å²) < 4.78 is 14.0. The highest BCUT2D eigenvalue weighted by Gasteiger charge is 2.24. The Bertz CT molecular complexity index is 708. The molecule has 2 heterocycles. The van der Waals surface area contributed by atoms with Crippen LogP contribution in [0.4, 0.5) is 5.00 Å². The molecule has 0 bridgehead atoms. The Kier molecular flexibility index (Phi) is 5.24. The van der Waals surface area contributed by atoms with Gasteiger partial charge in [0.05, 0.1) is 21.8 Å². The van der Waals surface area contributed by atoms with Crippen LogP contribution in [0.25, 0.3) is 0 Å². The monoisotopic (exact) mass is 357 g/mol. The molecule has 3 N–H and O–H groups in total. The van der Waals surface area contributed by atoms with Crippen LogP contribution in [-0.2, 0) is 11.4 Å². The highest BCUT2D eigenvalue weighted by molar-refractivity contribution is 7.91. The third kappa shape index (κ3) is 3.68. The average molecular weight is 357 g/mol. The van der Waals surface area contributed by atoms with Gasteiger partial charge in [-0.25, -0.2) is 0 Å². The van der Waals surface area contributed by atoms with Crippen LogP contribution in [0.1, 0.15) is 24.9 Å². The van der Waals surface area contributed by atoms with Crippen molar-refractivity contribution in [1.82, 2.24) is 4.31 Å². The first kappa shape index (κ1) is 17.0. The summed E-state index contributed by atoms with van der Waals surface area (Å²) in [5.41, 5.74) is 5.49. The summed E-state index contributed by atoms with van der Waals surface area (Å²) in [6.45, 7) is 1.90. The number of primary amides is 1. The van der Waals surface area contributed by atoms with E-state index in [0.29, 0.717) is 14.1 Å². The van der Waals surface area contributed by atoms with E-state index in [-0.39, 0.29) is 11.5 Å². The van der Waals surface area contributed by atoms with Crippen LogP contribution in [0.2, 0.25) is 0 Å². The minimum absolute atomic E-state index is 0.164. The summed E-state index contributed by atoms with van der Waals surface area (Å²) in [6.07, 6.45) is 0. The van der Waals surface area contributed by atoms with Gasteiger partial charge < -0.3 is 15.6 Å². The molecule has 118 valence electrons. The van der Waals surface area contributed by atoms with Gasteiger partial charge in [0.25, 0.3) is 11.8 Å². The van der Waals surface area contributed by atoms with Gasteiger partial charge in [0.1, 0.15) is 5.00 Å². The van der Waals surface area contributed by atoms with Gasteiger partial charge in [-0.3, -0.25) is 9.59 Å². The minimum atomic E-state index is -1.40. The molecular weight excluding hydrogens is 342 g/mol. The molecule has 2 amide bonds. The molecule has 0 saturated carbocycles. The van der Waals surface area contributed by atoms with Crippen molar-refractivity contribution in [2.75, 3.05) is 19.4 Å². The fourth-order valence-electron chi connectivity index (χ4n) is 1.63. The summed E-state index contributed by atoms with van der Waals surface area (Å²) in [4.78, 5) is 25.3. The summed E-state index contributed by atoms with van der Waals surface area (Å²) >= 11 is 1.04. The van der Waals surface area contributed by atoms with E-state index in [1.165, 1.54) is 21.7 Å². The third-order valence-corrected chi connectivity index (χ3v) is 6.32. The van der Waals surface area contributed by atoms with Crippen molar-refractivity contribution >= 4 is 50.9 Å². The first-order valence-electron chi connectivity index (χ1n) is 6.20. The molecule has 2 aromatic heterocycles. The number of nitrogens with zero attached hydrogens (tertiary/aromatic N) is 1. The van der Waals surface area contributed by atoms with Gasteiger partial charge in [-0.2, -0.15) is 0 Å². The van der Waals surface area contributed by atoms with E-state index >= 15 is 0 Å². The van der Waals surface area contributed by atoms with Gasteiger partial charge in [-0.05, 0) is 19.1 Å². The Labute approximate surface area is 139 Å². The summed E-state index contributed by atoms with van der Waals surface area (Å²) in [7, 11) is 3.32. The predicted molar refractivity (Wildman–Crippen MR) is 89.9 cm³/mol. The molecule has 0 aliphatic heterocycles. The van der Waals surface area contributed by atoms with E-state index < -0.39 is 17.3 Å². The van der Waals surface area contributed by atoms with Crippen molar-refractivity contribution in [3.05, 3.63) is 33.5 Å². The molecule has 1 atom stereocenters. The molecule has 0 fully saturated rings. The van der Waals surface area contributed by atoms with Crippen molar-refractivity contribution in [3.8, 4) is 0 Å². The first-order chi connectivity index (χ1) is 10.3. The molecule has 22 heavy (non-hydrogen) atoms. The van der Waals surface area contributed by atoms with Crippen LogP contribution in [0.3, 0.4) is 0 Å². The highest BCUT2D eigenvalue weighted by Crippen LogP contribution is 2.33. The van der Waals surface area contributed by atoms with Crippen molar-refractivity contribution in [1.29, 1.82) is 0 Å². The maximum absolute atomic E-state index is 12.2. The lowest BCUT2D eigenvalue weighted by atomic mass is 10.3. The molecule has 0 radical (unpaired) electrons. The topological polar surface area (TPSA) is 98.5 Å². The van der Waals surface area contributed by atoms with Crippen molar-refractivity contribution in [3.63, 3.8) is 0 Å². The van der Waals surface area contributed by atoms with Gasteiger partial charge in [0.15, 0.2) is 0 Å². The van der Waals surface area contributed by atoms with Gasteiger partial charge in [-0.15, -0.1) is 15.6 Å². The second-order valence-electron chi connectivity index (χ2n) is 4.60. The number of rotatable bonds is 5. The van der Waals surface area contributed by atoms with Gasteiger partial charge in [-0.1, -0.05) is 11.3 Å². The van der Waals surface area contributed by atoms with E-state index in [1.807, 2.05) is 13.0 Å². The third-order valence-electron chi connectivity index (χ3n) is 2.67. The molecule has 1 unspecified atom stereocenters. The van der Waals surface area contributed by atoms with Crippen LogP contribution in [-0.4, -0.2) is 34.8 Å². The lowest BCUT2D eigenvalue weighted by molar-refractivity contribution is 0.100. The number of carbonyl (C=O) groups is 2. The normalized spacial score (nSPS) is 12.4. The van der Waals surface area contributed by atoms with Crippen LogP contribution in [0, 0.1) is 6.92 Å². The number of carbonyl (C=O) groups excluding carboxylic acids is 2. The fourth-order valence-corrected chi connectivity index (χ4v) is 4.75. The van der Waals surface area contributed by atoms with Crippen LogP contribution in [0.5, 0.6) is 0 Å². The maximum Gasteiger partial charge on any atom is 0.266 e. The quantitative estimate of drug-likeness (QED) is 0.800. The Morgan fingerprint density at radius 3 is 2.50 bits per heavy atom. The fraction of sp³-hybridized carbons (Fsp3) is 0.231. The zero-order valence-electron chi connectivity index (χ0n) is 12.2. The Hall–Kier alpha value is -1.39. The number of nitrogens with one attached hydrogen (secondary N) is 1. The Balaban J connectivity index is 2.29. The molecular formula is C13H15N3O3S3. The van der Waals surface area contributed by atoms with Gasteiger partial charge in [0.2, 0.25) is 4.21 Å². The molecule has 0 aliphatic carbocycles. The van der Waals surface area contributed by atoms with E-state index in [4.69, 9.17) is 5.73 Å². The molecule has 0 spiro atoms. The minimum Gasteiger partial charge on any atom is -0.592 e. The summed E-state index contributed by atoms with van der Waals surface area (Å²) in [6, 6.07) is 5.01. The number of aryl methyl sites for hydroxylation is 1. The second-order valence-corrected chi connectivity index (χ2v) is 8.87. The van der Waals surface area contributed by atoms with Crippen molar-refractivity contribution in [2.45, 2.75) is 11.1 Å². The van der Waals surface area contributed by atoms with Gasteiger partial charge >= 0.3 is 0 Å². The lowest BCUT2D eigenvalue weighted by Crippen LogP contribution is -2.21. The maximum atomic E-state index is 12.2. The number of thiophene rings is 2. The number of hydrogen-bond donors (Lipinski definition) is 2. The zero-order chi connectivity index (χ0) is 16.4. The summed E-state index contributed by atoms with van der Waals surface area (Å²) in [5.74, 6) is -0.986. The van der Waals surface area contributed by atoms with Crippen molar-refractivity contribution in [2.24, 2.45) is 5.73 Å². The molecule has 9 heteroatoms. The Morgan fingerprint density at radius 1 is 1.32 bits per heavy atom. The molecule has 0 aromatic carbocycles. The molecule has 0 saturated heterocycles. The van der Waals surface area contributed by atoms with E-state index in [0.717, 1.165) is 16.2 Å². The standard InChI is InChI=1S/C13H15N3O3S3/c1-7-4-5-9(20-7)12(18)15-13-8(11(14)17)6-10(21-13)22(19)16(2)3/h4-6H,1-3H3,(H2,14,17)(H,15,18). The first-order valence-corrected chi connectivity index (χ1v) is 8.94. The SMILES string of the molecule is Cc1ccc(C(=O)Nc2sc([S+]([O-])N(C)C)cc2C(N)=O)s1. The van der Waals surface area contributed by atoms with Crippen LogP contribution in [0.15, 0.2) is 22.4 Å². The van der Waals surface area contributed by atoms with Crippen LogP contribution < -0.4 is 11.1 Å². The highest BCUT2D eigenvalue weighted by atomic mass is 32.2. The number of amides is 2. The number of anilines is 1. The largest absolute Gasteiger partial charge is 0.592 e. The number of hydrogen-bond acceptors (Lipinski definition) is 6. The van der Waals surface area contributed by atoms with E-state index in [2.05, 4.69) is 5.32 Å². The molecule has 0 aliphatic rings. The van der Waals surface area contributed by atoms with E-state index in [1.54, 1.807) is 20.2 Å². The molecule has 6 nitrogen and oxygen atoms in total. The second kappa shape index (κ2) is 6.80. The lowest BCUT2D eigenvalue weighted by Gasteiger charge is -2.12.